The van der Waals surface area contributed by atoms with Crippen LogP contribution < -0.4 is 5.32 Å². The first kappa shape index (κ1) is 36.3. The van der Waals surface area contributed by atoms with Gasteiger partial charge in [-0.3, -0.25) is 24.4 Å². The number of non-ortho nitro benzene ring substituents is 1. The molecule has 0 bridgehead atoms. The predicted molar refractivity (Wildman–Crippen MR) is 141 cm³/mol. The van der Waals surface area contributed by atoms with E-state index in [0.29, 0.717) is 25.3 Å². The fourth-order valence-corrected chi connectivity index (χ4v) is 6.13. The van der Waals surface area contributed by atoms with Gasteiger partial charge in [-0.25, -0.2) is 4.79 Å². The van der Waals surface area contributed by atoms with Crippen LogP contribution in [0.5, 0.6) is 0 Å². The molecule has 1 fully saturated rings. The van der Waals surface area contributed by atoms with E-state index >= 15 is 0 Å². The smallest absolute Gasteiger partial charge is 0.315 e. The highest BCUT2D eigenvalue weighted by Gasteiger charge is 2.56. The maximum Gasteiger partial charge on any atom is 0.453 e. The Bertz CT molecular complexity index is 1190. The maximum absolute atomic E-state index is 14.0. The Morgan fingerprint density at radius 1 is 1.00 bits per heavy atom. The molecule has 1 aromatic carbocycles. The molecule has 1 aromatic rings. The van der Waals surface area contributed by atoms with Gasteiger partial charge in [0.25, 0.3) is 5.69 Å². The SMILES string of the molecule is CC(C)(CCCCS(=O)CCCC(F)(F)C(F)(F)F)CC(CCN1CC(=O)NC1=O)c1ccc([N+](=O)[O-])cc1C(F)(F)F. The second-order valence-corrected chi connectivity index (χ2v) is 13.0. The van der Waals surface area contributed by atoms with Gasteiger partial charge >= 0.3 is 24.3 Å². The number of nitrogens with one attached hydrogen (secondary N) is 1. The Balaban J connectivity index is 2.08. The molecule has 43 heavy (non-hydrogen) atoms. The van der Waals surface area contributed by atoms with Crippen LogP contribution in [0.4, 0.5) is 45.6 Å². The Morgan fingerprint density at radius 3 is 2.16 bits per heavy atom. The van der Waals surface area contributed by atoms with Gasteiger partial charge in [0.15, 0.2) is 0 Å². The van der Waals surface area contributed by atoms with Crippen molar-refractivity contribution in [2.45, 2.75) is 83.0 Å². The Morgan fingerprint density at radius 2 is 1.63 bits per heavy atom. The van der Waals surface area contributed by atoms with Crippen molar-refractivity contribution in [3.05, 3.63) is 39.4 Å². The number of imide groups is 1. The molecule has 17 heteroatoms. The zero-order chi connectivity index (χ0) is 32.8. The highest BCUT2D eigenvalue weighted by Crippen LogP contribution is 2.44. The summed E-state index contributed by atoms with van der Waals surface area (Å²) in [4.78, 5) is 34.9. The van der Waals surface area contributed by atoms with Crippen molar-refractivity contribution in [1.29, 1.82) is 0 Å². The highest BCUT2D eigenvalue weighted by atomic mass is 32.2. The molecule has 3 amide bonds. The largest absolute Gasteiger partial charge is 0.453 e. The van der Waals surface area contributed by atoms with Crippen molar-refractivity contribution in [2.24, 2.45) is 5.41 Å². The molecule has 0 spiro atoms. The number of nitrogens with zero attached hydrogens (tertiary/aromatic N) is 2. The summed E-state index contributed by atoms with van der Waals surface area (Å²) in [6.07, 6.45) is -11.3. The van der Waals surface area contributed by atoms with Gasteiger partial charge in [0.1, 0.15) is 6.54 Å². The van der Waals surface area contributed by atoms with E-state index in [0.717, 1.165) is 17.0 Å². The number of hydrogen-bond acceptors (Lipinski definition) is 5. The normalized spacial score (nSPS) is 16.4. The van der Waals surface area contributed by atoms with E-state index in [4.69, 9.17) is 0 Å². The van der Waals surface area contributed by atoms with Crippen molar-refractivity contribution in [3.63, 3.8) is 0 Å². The summed E-state index contributed by atoms with van der Waals surface area (Å²) in [6.45, 7) is 3.24. The summed E-state index contributed by atoms with van der Waals surface area (Å²) >= 11 is 0. The Hall–Kier alpha value is -2.85. The van der Waals surface area contributed by atoms with Crippen LogP contribution in [0.2, 0.25) is 0 Å². The molecule has 2 atom stereocenters. The van der Waals surface area contributed by atoms with Crippen LogP contribution in [-0.4, -0.2) is 62.7 Å². The van der Waals surface area contributed by atoms with Gasteiger partial charge in [-0.15, -0.1) is 0 Å². The predicted octanol–water partition coefficient (Wildman–Crippen LogP) is 6.95. The maximum atomic E-state index is 14.0. The first-order valence-corrected chi connectivity index (χ1v) is 14.9. The number of rotatable bonds is 16. The number of nitro groups is 1. The summed E-state index contributed by atoms with van der Waals surface area (Å²) in [6, 6.07) is 1.79. The zero-order valence-corrected chi connectivity index (χ0v) is 24.3. The summed E-state index contributed by atoms with van der Waals surface area (Å²) in [7, 11) is -1.63. The minimum Gasteiger partial charge on any atom is -0.315 e. The minimum atomic E-state index is -5.68. The number of urea groups is 1. The molecule has 0 aliphatic carbocycles. The van der Waals surface area contributed by atoms with Gasteiger partial charge in [-0.1, -0.05) is 26.3 Å². The monoisotopic (exact) mass is 651 g/mol. The first-order valence-electron chi connectivity index (χ1n) is 13.4. The average Bonchev–Trinajstić information content (AvgIpc) is 3.19. The van der Waals surface area contributed by atoms with Crippen LogP contribution in [-0.2, 0) is 21.8 Å². The van der Waals surface area contributed by atoms with Crippen LogP contribution in [0.1, 0.15) is 75.8 Å². The molecule has 244 valence electrons. The summed E-state index contributed by atoms with van der Waals surface area (Å²) < 4.78 is 117. The number of halogens is 8. The summed E-state index contributed by atoms with van der Waals surface area (Å²) in [5.74, 6) is -6.53. The lowest BCUT2D eigenvalue weighted by molar-refractivity contribution is -0.385. The topological polar surface area (TPSA) is 110 Å². The van der Waals surface area contributed by atoms with Crippen LogP contribution >= 0.6 is 0 Å². The third kappa shape index (κ3) is 11.0. The lowest BCUT2D eigenvalue weighted by Crippen LogP contribution is -2.36. The standard InChI is InChI=1S/C26H33F8N3O5S/c1-23(2,9-3-4-12-43(42)13-5-10-24(27,28)26(32,33)34)15-17(8-11-36-16-21(38)35-22(36)39)19-7-6-18(37(40)41)14-20(19)25(29,30)31/h6-7,14,17H,3-5,8-13,15-16H2,1-2H3,(H,35,38,39). The molecule has 1 saturated heterocycles. The van der Waals surface area contributed by atoms with Crippen molar-refractivity contribution in [3.8, 4) is 0 Å². The molecule has 1 heterocycles. The molecule has 2 rings (SSSR count). The van der Waals surface area contributed by atoms with Gasteiger partial charge in [-0.05, 0) is 49.0 Å². The number of benzene rings is 1. The van der Waals surface area contributed by atoms with Crippen LogP contribution in [0.15, 0.2) is 18.2 Å². The summed E-state index contributed by atoms with van der Waals surface area (Å²) in [5.41, 5.74) is -2.76. The number of unbranched alkanes of at least 4 members (excludes halogenated alkanes) is 1. The quantitative estimate of drug-likeness (QED) is 0.0684. The van der Waals surface area contributed by atoms with Crippen molar-refractivity contribution in [1.82, 2.24) is 10.2 Å². The van der Waals surface area contributed by atoms with Crippen LogP contribution in [0.25, 0.3) is 0 Å². The van der Waals surface area contributed by atoms with E-state index in [1.54, 1.807) is 13.8 Å². The molecule has 0 radical (unpaired) electrons. The zero-order valence-electron chi connectivity index (χ0n) is 23.5. The van der Waals surface area contributed by atoms with Gasteiger partial charge in [0, 0.05) is 47.4 Å². The van der Waals surface area contributed by atoms with E-state index in [9.17, 15) is 59.0 Å². The van der Waals surface area contributed by atoms with Gasteiger partial charge in [0.2, 0.25) is 5.91 Å². The second kappa shape index (κ2) is 14.3. The van der Waals surface area contributed by atoms with Crippen molar-refractivity contribution >= 4 is 28.4 Å². The fraction of sp³-hybridized carbons (Fsp3) is 0.692. The molecule has 1 aliphatic heterocycles. The number of carbonyl (C=O) groups is 2. The number of nitro benzene ring substituents is 1. The average molecular weight is 652 g/mol. The first-order chi connectivity index (χ1) is 19.6. The van der Waals surface area contributed by atoms with E-state index < -0.39 is 81.4 Å². The molecule has 8 nitrogen and oxygen atoms in total. The van der Waals surface area contributed by atoms with Gasteiger partial charge in [-0.2, -0.15) is 35.1 Å². The third-order valence-electron chi connectivity index (χ3n) is 7.16. The summed E-state index contributed by atoms with van der Waals surface area (Å²) in [5, 5.41) is 13.2. The molecule has 0 aromatic heterocycles. The van der Waals surface area contributed by atoms with Gasteiger partial charge in [0.05, 0.1) is 10.5 Å². The number of hydrogen-bond donors (Lipinski definition) is 1. The van der Waals surface area contributed by atoms with Crippen molar-refractivity contribution in [2.75, 3.05) is 24.6 Å². The molecule has 2 unspecified atom stereocenters. The van der Waals surface area contributed by atoms with Crippen molar-refractivity contribution < 1.29 is 53.8 Å². The number of carbonyl (C=O) groups excluding carboxylic acids is 2. The molecular formula is C26H33F8N3O5S. The lowest BCUT2D eigenvalue weighted by Gasteiger charge is -2.32. The van der Waals surface area contributed by atoms with Crippen LogP contribution in [0.3, 0.4) is 0 Å². The van der Waals surface area contributed by atoms with E-state index in [1.165, 1.54) is 0 Å². The minimum absolute atomic E-state index is 0.0115. The molecule has 0 saturated carbocycles. The van der Waals surface area contributed by atoms with E-state index in [2.05, 4.69) is 5.32 Å². The third-order valence-corrected chi connectivity index (χ3v) is 8.65. The number of amides is 3. The molecule has 1 aliphatic rings. The second-order valence-electron chi connectivity index (χ2n) is 11.3. The van der Waals surface area contributed by atoms with Crippen LogP contribution in [0, 0.1) is 15.5 Å². The molecule has 1 N–H and O–H groups in total. The fourth-order valence-electron chi connectivity index (χ4n) is 4.94. The van der Waals surface area contributed by atoms with E-state index in [1.807, 2.05) is 0 Å². The Kier molecular flexibility index (Phi) is 12.1. The van der Waals surface area contributed by atoms with Gasteiger partial charge < -0.3 is 4.90 Å². The molecular weight excluding hydrogens is 618 g/mol. The Labute approximate surface area is 245 Å². The van der Waals surface area contributed by atoms with E-state index in [-0.39, 0.29) is 43.0 Å². The highest BCUT2D eigenvalue weighted by molar-refractivity contribution is 7.84. The lowest BCUT2D eigenvalue weighted by atomic mass is 9.74. The number of alkyl halides is 8.